The van der Waals surface area contributed by atoms with E-state index in [4.69, 9.17) is 10.00 Å². The van der Waals surface area contributed by atoms with Gasteiger partial charge in [-0.15, -0.1) is 11.8 Å². The third-order valence-electron chi connectivity index (χ3n) is 4.34. The van der Waals surface area contributed by atoms with E-state index in [1.165, 1.54) is 0 Å². The molecule has 1 atom stereocenters. The van der Waals surface area contributed by atoms with Crippen molar-refractivity contribution in [3.05, 3.63) is 60.2 Å². The summed E-state index contributed by atoms with van der Waals surface area (Å²) in [7, 11) is 0. The smallest absolute Gasteiger partial charge is 0.261 e. The lowest BCUT2D eigenvalue weighted by Crippen LogP contribution is -2.40. The molecule has 1 rings (SSSR count). The molecule has 0 aliphatic rings. The van der Waals surface area contributed by atoms with Gasteiger partial charge >= 0.3 is 0 Å². The summed E-state index contributed by atoms with van der Waals surface area (Å²) >= 11 is 0. The standard InChI is InChI=1S/C24H31N3O2.C4H6.C2H6.CH2F2/c1-7-9-19(6)26-15-18(5)16-27-24(28)23(12-17(3)4)29-22-11-10-21(14-25)20(8-2)13-22;1-3-4-2;1-2;2-1-3/h7-11,13,17,23H,2,5,12,15-16H2,1,3-4,6H3,(H,27,28);1-2H3;1-2H3;1H2/b9-7-,26-19?;;;. The summed E-state index contributed by atoms with van der Waals surface area (Å²) in [5.41, 5.74) is 2.93. The molecule has 0 heterocycles. The quantitative estimate of drug-likeness (QED) is 0.182. The molecule has 0 radical (unpaired) electrons. The van der Waals surface area contributed by atoms with Crippen LogP contribution in [0.15, 0.2) is 54.1 Å². The van der Waals surface area contributed by atoms with Gasteiger partial charge in [-0.2, -0.15) is 5.26 Å². The summed E-state index contributed by atoms with van der Waals surface area (Å²) in [4.78, 5) is 17.1. The zero-order valence-electron chi connectivity index (χ0n) is 24.3. The average Bonchev–Trinajstić information content (AvgIpc) is 2.91. The monoisotopic (exact) mass is 529 g/mol. The number of carbonyl (C=O) groups excluding carboxylic acids is 1. The van der Waals surface area contributed by atoms with Crippen LogP contribution in [0.25, 0.3) is 6.08 Å². The number of hydrogen-bond acceptors (Lipinski definition) is 4. The first-order valence-electron chi connectivity index (χ1n) is 12.5. The van der Waals surface area contributed by atoms with Crippen molar-refractivity contribution in [1.82, 2.24) is 5.32 Å². The van der Waals surface area contributed by atoms with Crippen LogP contribution in [-0.2, 0) is 4.79 Å². The Bertz CT molecular complexity index is 975. The van der Waals surface area contributed by atoms with Gasteiger partial charge in [0.2, 0.25) is 6.93 Å². The maximum atomic E-state index is 12.7. The van der Waals surface area contributed by atoms with E-state index >= 15 is 0 Å². The Kier molecular flexibility index (Phi) is 26.9. The minimum atomic E-state index is -1.75. The maximum Gasteiger partial charge on any atom is 0.261 e. The second-order valence-corrected chi connectivity index (χ2v) is 7.83. The molecule has 5 nitrogen and oxygen atoms in total. The number of carbonyl (C=O) groups is 1. The molecule has 0 aliphatic heterocycles. The normalized spacial score (nSPS) is 10.5. The van der Waals surface area contributed by atoms with Gasteiger partial charge in [-0.1, -0.05) is 53.0 Å². The maximum absolute atomic E-state index is 12.7. The number of hydrogen-bond donors (Lipinski definition) is 1. The van der Waals surface area contributed by atoms with Crippen LogP contribution in [0.3, 0.4) is 0 Å². The van der Waals surface area contributed by atoms with Crippen LogP contribution in [0.5, 0.6) is 5.75 Å². The number of aliphatic imine (C=N–C) groups is 1. The van der Waals surface area contributed by atoms with E-state index in [0.29, 0.717) is 36.4 Å². The first-order chi connectivity index (χ1) is 18.1. The third-order valence-corrected chi connectivity index (χ3v) is 4.34. The molecular weight excluding hydrogens is 484 g/mol. The molecule has 0 fully saturated rings. The van der Waals surface area contributed by atoms with Crippen molar-refractivity contribution in [3.63, 3.8) is 0 Å². The molecule has 1 aromatic rings. The van der Waals surface area contributed by atoms with Crippen molar-refractivity contribution in [3.8, 4) is 23.7 Å². The first kappa shape index (κ1) is 38.8. The van der Waals surface area contributed by atoms with Crippen LogP contribution in [0, 0.1) is 29.1 Å². The number of alkyl halides is 2. The molecule has 0 spiro atoms. The minimum Gasteiger partial charge on any atom is -0.481 e. The zero-order chi connectivity index (χ0) is 29.9. The predicted octanol–water partition coefficient (Wildman–Crippen LogP) is 7.64. The van der Waals surface area contributed by atoms with Gasteiger partial charge in [-0.25, -0.2) is 8.78 Å². The number of halogens is 2. The molecule has 1 aromatic carbocycles. The lowest BCUT2D eigenvalue weighted by Gasteiger charge is -2.21. The summed E-state index contributed by atoms with van der Waals surface area (Å²) in [5.74, 6) is 5.97. The number of rotatable bonds is 11. The van der Waals surface area contributed by atoms with E-state index in [9.17, 15) is 13.6 Å². The lowest BCUT2D eigenvalue weighted by molar-refractivity contribution is -0.128. The lowest BCUT2D eigenvalue weighted by atomic mass is 10.0. The van der Waals surface area contributed by atoms with E-state index < -0.39 is 13.0 Å². The summed E-state index contributed by atoms with van der Waals surface area (Å²) in [6.07, 6.45) is 5.39. The highest BCUT2D eigenvalue weighted by atomic mass is 19.3. The highest BCUT2D eigenvalue weighted by molar-refractivity contribution is 5.92. The number of nitriles is 1. The molecule has 7 heteroatoms. The summed E-state index contributed by atoms with van der Waals surface area (Å²) < 4.78 is 25.2. The average molecular weight is 530 g/mol. The van der Waals surface area contributed by atoms with Crippen molar-refractivity contribution < 1.29 is 18.3 Å². The highest BCUT2D eigenvalue weighted by Crippen LogP contribution is 2.21. The SMILES string of the molecule is C=Cc1cc(OC(CC(C)C)C(=O)NCC(=C)CN=C(C)/C=C\C)ccc1C#N.CC.CC#CC.FCF. The Labute approximate surface area is 229 Å². The van der Waals surface area contributed by atoms with Gasteiger partial charge in [-0.3, -0.25) is 9.79 Å². The fraction of sp³-hybridized carbons (Fsp3) is 0.452. The van der Waals surface area contributed by atoms with Crippen molar-refractivity contribution in [2.45, 2.75) is 67.9 Å². The van der Waals surface area contributed by atoms with Crippen LogP contribution in [0.4, 0.5) is 8.78 Å². The van der Waals surface area contributed by atoms with Gasteiger partial charge in [0.1, 0.15) is 5.75 Å². The molecule has 38 heavy (non-hydrogen) atoms. The number of allylic oxidation sites excluding steroid dienone is 2. The minimum absolute atomic E-state index is 0.196. The van der Waals surface area contributed by atoms with Gasteiger partial charge < -0.3 is 10.1 Å². The Morgan fingerprint density at radius 3 is 2.26 bits per heavy atom. The number of ether oxygens (including phenoxy) is 1. The zero-order valence-corrected chi connectivity index (χ0v) is 24.3. The van der Waals surface area contributed by atoms with Crippen molar-refractivity contribution in [2.24, 2.45) is 10.9 Å². The summed E-state index contributed by atoms with van der Waals surface area (Å²) in [5, 5.41) is 12.0. The second-order valence-electron chi connectivity index (χ2n) is 7.83. The number of nitrogens with zero attached hydrogens (tertiary/aromatic N) is 2. The van der Waals surface area contributed by atoms with E-state index in [-0.39, 0.29) is 11.8 Å². The molecule has 1 amide bonds. The van der Waals surface area contributed by atoms with E-state index in [1.807, 2.05) is 67.5 Å². The first-order valence-corrected chi connectivity index (χ1v) is 12.5. The Balaban J connectivity index is -0.00000119. The highest BCUT2D eigenvalue weighted by Gasteiger charge is 2.22. The number of amides is 1. The largest absolute Gasteiger partial charge is 0.481 e. The molecule has 0 bridgehead atoms. The number of benzene rings is 1. The molecular formula is C31H45F2N3O2. The van der Waals surface area contributed by atoms with Crippen molar-refractivity contribution in [1.29, 1.82) is 5.26 Å². The van der Waals surface area contributed by atoms with Crippen LogP contribution < -0.4 is 10.1 Å². The topological polar surface area (TPSA) is 74.5 Å². The second kappa shape index (κ2) is 26.4. The number of nitrogens with one attached hydrogen (secondary N) is 1. The fourth-order valence-electron chi connectivity index (χ4n) is 2.60. The van der Waals surface area contributed by atoms with Crippen LogP contribution in [-0.4, -0.2) is 37.7 Å². The van der Waals surface area contributed by atoms with Gasteiger partial charge in [0, 0.05) is 12.3 Å². The van der Waals surface area contributed by atoms with Crippen LogP contribution in [0.1, 0.15) is 72.9 Å². The molecule has 210 valence electrons. The van der Waals surface area contributed by atoms with Gasteiger partial charge in [0.05, 0.1) is 18.2 Å². The summed E-state index contributed by atoms with van der Waals surface area (Å²) in [6.45, 7) is 22.3. The fourth-order valence-corrected chi connectivity index (χ4v) is 2.60. The molecule has 0 saturated carbocycles. The van der Waals surface area contributed by atoms with Crippen molar-refractivity contribution >= 4 is 17.7 Å². The van der Waals surface area contributed by atoms with E-state index in [1.54, 1.807) is 24.3 Å². The Hall–Kier alpha value is -3.71. The molecule has 1 N–H and O–H groups in total. The Morgan fingerprint density at radius 1 is 1.24 bits per heavy atom. The van der Waals surface area contributed by atoms with Crippen molar-refractivity contribution in [2.75, 3.05) is 20.0 Å². The Morgan fingerprint density at radius 2 is 1.82 bits per heavy atom. The van der Waals surface area contributed by atoms with Crippen LogP contribution in [0.2, 0.25) is 0 Å². The summed E-state index contributed by atoms with van der Waals surface area (Å²) in [6, 6.07) is 7.21. The third kappa shape index (κ3) is 20.5. The molecule has 1 unspecified atom stereocenters. The van der Waals surface area contributed by atoms with Gasteiger partial charge in [0.25, 0.3) is 5.91 Å². The van der Waals surface area contributed by atoms with Crippen LogP contribution >= 0.6 is 0 Å². The van der Waals surface area contributed by atoms with E-state index in [0.717, 1.165) is 11.3 Å². The van der Waals surface area contributed by atoms with Gasteiger partial charge in [0.15, 0.2) is 6.10 Å². The molecule has 0 saturated heterocycles. The predicted molar refractivity (Wildman–Crippen MR) is 158 cm³/mol. The molecule has 0 aliphatic carbocycles. The van der Waals surface area contributed by atoms with E-state index in [2.05, 4.69) is 41.4 Å². The molecule has 0 aromatic heterocycles. The van der Waals surface area contributed by atoms with Gasteiger partial charge in [-0.05, 0) is 75.4 Å².